The first-order valence-electron chi connectivity index (χ1n) is 7.60. The molecular formula is C18H22N2O. The molecule has 1 aromatic carbocycles. The van der Waals surface area contributed by atoms with Crippen LogP contribution in [-0.4, -0.2) is 10.6 Å². The molecule has 3 rings (SSSR count). The van der Waals surface area contributed by atoms with E-state index in [9.17, 15) is 0 Å². The van der Waals surface area contributed by atoms with Gasteiger partial charge in [0.25, 0.3) is 0 Å². The molecule has 0 fully saturated rings. The quantitative estimate of drug-likeness (QED) is 0.924. The molecule has 0 amide bonds. The lowest BCUT2D eigenvalue weighted by atomic mass is 9.86. The standard InChI is InChI=1S/C18H22N2O/c1-3-18(2)11-16(15-8-4-5-9-17(15)21-18)20-13-14-7-6-10-19-12-14/h4-10,12,16,20H,3,11,13H2,1-2H3. The zero-order valence-electron chi connectivity index (χ0n) is 12.7. The summed E-state index contributed by atoms with van der Waals surface area (Å²) < 4.78 is 6.20. The first-order valence-corrected chi connectivity index (χ1v) is 7.60. The van der Waals surface area contributed by atoms with Crippen LogP contribution in [0.15, 0.2) is 48.8 Å². The summed E-state index contributed by atoms with van der Waals surface area (Å²) >= 11 is 0. The number of hydrogen-bond acceptors (Lipinski definition) is 3. The zero-order chi connectivity index (χ0) is 14.7. The molecular weight excluding hydrogens is 260 g/mol. The van der Waals surface area contributed by atoms with E-state index in [-0.39, 0.29) is 5.60 Å². The van der Waals surface area contributed by atoms with Crippen molar-refractivity contribution >= 4 is 0 Å². The lowest BCUT2D eigenvalue weighted by molar-refractivity contribution is 0.0439. The molecule has 2 aromatic rings. The predicted molar refractivity (Wildman–Crippen MR) is 84.2 cm³/mol. The number of para-hydroxylation sites is 1. The van der Waals surface area contributed by atoms with Crippen LogP contribution in [0.2, 0.25) is 0 Å². The van der Waals surface area contributed by atoms with Crippen LogP contribution in [0.3, 0.4) is 0 Å². The average molecular weight is 282 g/mol. The second kappa shape index (κ2) is 5.86. The van der Waals surface area contributed by atoms with Crippen molar-refractivity contribution in [1.82, 2.24) is 10.3 Å². The van der Waals surface area contributed by atoms with Crippen LogP contribution >= 0.6 is 0 Å². The van der Waals surface area contributed by atoms with Crippen molar-refractivity contribution in [2.45, 2.75) is 44.9 Å². The number of benzene rings is 1. The van der Waals surface area contributed by atoms with Crippen molar-refractivity contribution in [2.24, 2.45) is 0 Å². The molecule has 0 radical (unpaired) electrons. The number of nitrogens with zero attached hydrogens (tertiary/aromatic N) is 1. The van der Waals surface area contributed by atoms with Gasteiger partial charge in [-0.1, -0.05) is 31.2 Å². The maximum absolute atomic E-state index is 6.20. The van der Waals surface area contributed by atoms with Gasteiger partial charge in [0, 0.05) is 37.0 Å². The number of aromatic nitrogens is 1. The molecule has 1 aromatic heterocycles. The van der Waals surface area contributed by atoms with Crippen LogP contribution in [0.1, 0.15) is 43.9 Å². The van der Waals surface area contributed by atoms with Gasteiger partial charge in [0.05, 0.1) is 0 Å². The van der Waals surface area contributed by atoms with Crippen LogP contribution < -0.4 is 10.1 Å². The Labute approximate surface area is 126 Å². The number of fused-ring (bicyclic) bond motifs is 1. The minimum absolute atomic E-state index is 0.0963. The summed E-state index contributed by atoms with van der Waals surface area (Å²) in [6.07, 6.45) is 5.71. The van der Waals surface area contributed by atoms with Gasteiger partial charge in [0.1, 0.15) is 11.4 Å². The minimum atomic E-state index is -0.0963. The average Bonchev–Trinajstić information content (AvgIpc) is 2.53. The molecule has 0 saturated carbocycles. The van der Waals surface area contributed by atoms with E-state index in [0.717, 1.165) is 25.1 Å². The fraction of sp³-hybridized carbons (Fsp3) is 0.389. The van der Waals surface area contributed by atoms with Crippen molar-refractivity contribution in [1.29, 1.82) is 0 Å². The van der Waals surface area contributed by atoms with Gasteiger partial charge >= 0.3 is 0 Å². The molecule has 3 nitrogen and oxygen atoms in total. The van der Waals surface area contributed by atoms with Gasteiger partial charge in [-0.2, -0.15) is 0 Å². The summed E-state index contributed by atoms with van der Waals surface area (Å²) in [5.74, 6) is 1.01. The molecule has 1 aliphatic heterocycles. The fourth-order valence-electron chi connectivity index (χ4n) is 2.85. The van der Waals surface area contributed by atoms with Gasteiger partial charge < -0.3 is 10.1 Å². The van der Waals surface area contributed by atoms with Crippen molar-refractivity contribution in [3.8, 4) is 5.75 Å². The summed E-state index contributed by atoms with van der Waals surface area (Å²) in [6, 6.07) is 12.7. The molecule has 2 unspecified atom stereocenters. The summed E-state index contributed by atoms with van der Waals surface area (Å²) in [6.45, 7) is 5.21. The Balaban J connectivity index is 1.80. The van der Waals surface area contributed by atoms with Gasteiger partial charge in [-0.05, 0) is 31.0 Å². The van der Waals surface area contributed by atoms with Crippen molar-refractivity contribution in [2.75, 3.05) is 0 Å². The van der Waals surface area contributed by atoms with Gasteiger partial charge in [-0.25, -0.2) is 0 Å². The van der Waals surface area contributed by atoms with E-state index < -0.39 is 0 Å². The Morgan fingerprint density at radius 1 is 1.29 bits per heavy atom. The monoisotopic (exact) mass is 282 g/mol. The summed E-state index contributed by atoms with van der Waals surface area (Å²) in [5.41, 5.74) is 2.37. The van der Waals surface area contributed by atoms with Crippen LogP contribution in [0, 0.1) is 0 Å². The maximum atomic E-state index is 6.20. The Kier molecular flexibility index (Phi) is 3.93. The smallest absolute Gasteiger partial charge is 0.124 e. The molecule has 2 atom stereocenters. The summed E-state index contributed by atoms with van der Waals surface area (Å²) in [4.78, 5) is 4.17. The predicted octanol–water partition coefficient (Wildman–Crippen LogP) is 3.86. The van der Waals surface area contributed by atoms with E-state index in [2.05, 4.69) is 48.4 Å². The third-order valence-electron chi connectivity index (χ3n) is 4.31. The molecule has 0 aliphatic carbocycles. The van der Waals surface area contributed by atoms with E-state index in [1.54, 1.807) is 6.20 Å². The highest BCUT2D eigenvalue weighted by Gasteiger charge is 2.35. The molecule has 110 valence electrons. The van der Waals surface area contributed by atoms with E-state index in [1.165, 1.54) is 11.1 Å². The first kappa shape index (κ1) is 14.1. The lowest BCUT2D eigenvalue weighted by Crippen LogP contribution is -2.41. The molecule has 1 N–H and O–H groups in total. The van der Waals surface area contributed by atoms with Crippen molar-refractivity contribution in [3.63, 3.8) is 0 Å². The highest BCUT2D eigenvalue weighted by Crippen LogP contribution is 2.40. The number of hydrogen-bond donors (Lipinski definition) is 1. The van der Waals surface area contributed by atoms with E-state index in [4.69, 9.17) is 4.74 Å². The molecule has 1 aliphatic rings. The molecule has 0 bridgehead atoms. The van der Waals surface area contributed by atoms with E-state index >= 15 is 0 Å². The second-order valence-corrected chi connectivity index (χ2v) is 5.94. The molecule has 0 spiro atoms. The van der Waals surface area contributed by atoms with Gasteiger partial charge in [-0.3, -0.25) is 4.98 Å². The third-order valence-corrected chi connectivity index (χ3v) is 4.31. The second-order valence-electron chi connectivity index (χ2n) is 5.94. The number of rotatable bonds is 4. The van der Waals surface area contributed by atoms with Gasteiger partial charge in [0.15, 0.2) is 0 Å². The molecule has 2 heterocycles. The lowest BCUT2D eigenvalue weighted by Gasteiger charge is -2.40. The van der Waals surface area contributed by atoms with E-state index in [0.29, 0.717) is 6.04 Å². The van der Waals surface area contributed by atoms with Crippen molar-refractivity contribution in [3.05, 3.63) is 59.9 Å². The maximum Gasteiger partial charge on any atom is 0.124 e. The Hall–Kier alpha value is -1.87. The van der Waals surface area contributed by atoms with Crippen LogP contribution in [-0.2, 0) is 6.54 Å². The van der Waals surface area contributed by atoms with E-state index in [1.807, 2.05) is 18.3 Å². The Morgan fingerprint density at radius 2 is 2.14 bits per heavy atom. The molecule has 0 saturated heterocycles. The third kappa shape index (κ3) is 3.08. The highest BCUT2D eigenvalue weighted by molar-refractivity contribution is 5.38. The SMILES string of the molecule is CCC1(C)CC(NCc2cccnc2)c2ccccc2O1. The normalized spacial score (nSPS) is 24.2. The van der Waals surface area contributed by atoms with Crippen LogP contribution in [0.25, 0.3) is 0 Å². The van der Waals surface area contributed by atoms with Gasteiger partial charge in [0.2, 0.25) is 0 Å². The van der Waals surface area contributed by atoms with Crippen molar-refractivity contribution < 1.29 is 4.74 Å². The fourth-order valence-corrected chi connectivity index (χ4v) is 2.85. The summed E-state index contributed by atoms with van der Waals surface area (Å²) in [7, 11) is 0. The first-order chi connectivity index (χ1) is 10.2. The topological polar surface area (TPSA) is 34.2 Å². The minimum Gasteiger partial charge on any atom is -0.487 e. The Morgan fingerprint density at radius 3 is 2.90 bits per heavy atom. The highest BCUT2D eigenvalue weighted by atomic mass is 16.5. The molecule has 21 heavy (non-hydrogen) atoms. The van der Waals surface area contributed by atoms with Crippen LogP contribution in [0.5, 0.6) is 5.75 Å². The summed E-state index contributed by atoms with van der Waals surface area (Å²) in [5, 5.41) is 3.66. The Bertz CT molecular complexity index is 599. The zero-order valence-corrected chi connectivity index (χ0v) is 12.7. The largest absolute Gasteiger partial charge is 0.487 e. The van der Waals surface area contributed by atoms with Crippen LogP contribution in [0.4, 0.5) is 0 Å². The van der Waals surface area contributed by atoms with Gasteiger partial charge in [-0.15, -0.1) is 0 Å². The molecule has 3 heteroatoms. The number of pyridine rings is 1. The number of ether oxygens (including phenoxy) is 1. The number of nitrogens with one attached hydrogen (secondary N) is 1.